The normalized spacial score (nSPS) is 10.5. The maximum Gasteiger partial charge on any atom is 0.305 e. The van der Waals surface area contributed by atoms with Crippen LogP contribution in [0.1, 0.15) is 31.2 Å². The van der Waals surface area contributed by atoms with Crippen molar-refractivity contribution in [2.24, 2.45) is 7.05 Å². The lowest BCUT2D eigenvalue weighted by molar-refractivity contribution is -0.143. The van der Waals surface area contributed by atoms with Gasteiger partial charge in [0.15, 0.2) is 5.16 Å². The van der Waals surface area contributed by atoms with E-state index >= 15 is 0 Å². The van der Waals surface area contributed by atoms with E-state index in [0.717, 1.165) is 5.82 Å². The van der Waals surface area contributed by atoms with E-state index in [1.807, 2.05) is 41.9 Å². The van der Waals surface area contributed by atoms with Crippen LogP contribution in [0.25, 0.3) is 0 Å². The van der Waals surface area contributed by atoms with Crippen LogP contribution in [0.15, 0.2) is 35.5 Å². The minimum atomic E-state index is -0.235. The van der Waals surface area contributed by atoms with Gasteiger partial charge in [-0.2, -0.15) is 0 Å². The van der Waals surface area contributed by atoms with Crippen LogP contribution in [0.5, 0.6) is 0 Å². The van der Waals surface area contributed by atoms with E-state index < -0.39 is 0 Å². The van der Waals surface area contributed by atoms with Crippen LogP contribution in [0.3, 0.4) is 0 Å². The summed E-state index contributed by atoms with van der Waals surface area (Å²) >= 11 is 1.34. The molecule has 0 saturated heterocycles. The molecule has 8 heteroatoms. The maximum absolute atomic E-state index is 11.9. The van der Waals surface area contributed by atoms with Gasteiger partial charge in [0.2, 0.25) is 5.91 Å². The molecule has 140 valence electrons. The Morgan fingerprint density at radius 3 is 2.73 bits per heavy atom. The summed E-state index contributed by atoms with van der Waals surface area (Å²) in [5.41, 5.74) is 1.17. The SMILES string of the molecule is CCOC(=O)CCCNC(=O)CSc1nnc(Cc2ccccc2)n1C. The van der Waals surface area contributed by atoms with Crippen molar-refractivity contribution in [3.8, 4) is 0 Å². The minimum absolute atomic E-state index is 0.0912. The fraction of sp³-hybridized carbons (Fsp3) is 0.444. The second kappa shape index (κ2) is 10.6. The number of hydrogen-bond donors (Lipinski definition) is 1. The fourth-order valence-corrected chi connectivity index (χ4v) is 3.04. The number of ether oxygens (including phenoxy) is 1. The quantitative estimate of drug-likeness (QED) is 0.388. The second-order valence-corrected chi connectivity index (χ2v) is 6.61. The molecule has 1 aromatic carbocycles. The molecule has 1 aromatic heterocycles. The predicted molar refractivity (Wildman–Crippen MR) is 99.9 cm³/mol. The van der Waals surface area contributed by atoms with E-state index in [9.17, 15) is 9.59 Å². The van der Waals surface area contributed by atoms with Crippen LogP contribution in [0, 0.1) is 0 Å². The van der Waals surface area contributed by atoms with Gasteiger partial charge in [0.25, 0.3) is 0 Å². The minimum Gasteiger partial charge on any atom is -0.466 e. The Balaban J connectivity index is 1.72. The van der Waals surface area contributed by atoms with Gasteiger partial charge in [0.05, 0.1) is 12.4 Å². The van der Waals surface area contributed by atoms with Crippen molar-refractivity contribution in [2.45, 2.75) is 31.3 Å². The number of hydrogen-bond acceptors (Lipinski definition) is 6. The molecular weight excluding hydrogens is 352 g/mol. The Hall–Kier alpha value is -2.35. The monoisotopic (exact) mass is 376 g/mol. The van der Waals surface area contributed by atoms with Crippen molar-refractivity contribution in [1.82, 2.24) is 20.1 Å². The number of aromatic nitrogens is 3. The summed E-state index contributed by atoms with van der Waals surface area (Å²) in [5, 5.41) is 11.9. The lowest BCUT2D eigenvalue weighted by Gasteiger charge is -2.06. The Bertz CT molecular complexity index is 718. The standard InChI is InChI=1S/C18H24N4O3S/c1-3-25-17(24)10-7-11-19-16(23)13-26-18-21-20-15(22(18)2)12-14-8-5-4-6-9-14/h4-6,8-9H,3,7,10-13H2,1-2H3,(H,19,23). The zero-order valence-corrected chi connectivity index (χ0v) is 15.9. The van der Waals surface area contributed by atoms with Gasteiger partial charge in [-0.05, 0) is 18.9 Å². The summed E-state index contributed by atoms with van der Waals surface area (Å²) in [6, 6.07) is 10.1. The zero-order chi connectivity index (χ0) is 18.8. The van der Waals surface area contributed by atoms with Gasteiger partial charge in [-0.3, -0.25) is 9.59 Å². The third-order valence-electron chi connectivity index (χ3n) is 3.65. The van der Waals surface area contributed by atoms with Gasteiger partial charge in [0, 0.05) is 26.4 Å². The molecule has 1 amide bonds. The highest BCUT2D eigenvalue weighted by molar-refractivity contribution is 7.99. The molecule has 1 N–H and O–H groups in total. The van der Waals surface area contributed by atoms with Gasteiger partial charge < -0.3 is 14.6 Å². The Kier molecular flexibility index (Phi) is 8.14. The molecule has 0 atom stereocenters. The highest BCUT2D eigenvalue weighted by Crippen LogP contribution is 2.17. The van der Waals surface area contributed by atoms with Gasteiger partial charge in [-0.25, -0.2) is 0 Å². The van der Waals surface area contributed by atoms with Crippen LogP contribution >= 0.6 is 11.8 Å². The van der Waals surface area contributed by atoms with Crippen LogP contribution in [-0.2, 0) is 27.8 Å². The fourth-order valence-electron chi connectivity index (χ4n) is 2.28. The number of esters is 1. The van der Waals surface area contributed by atoms with E-state index in [2.05, 4.69) is 15.5 Å². The number of thioether (sulfide) groups is 1. The number of benzene rings is 1. The van der Waals surface area contributed by atoms with Gasteiger partial charge in [-0.15, -0.1) is 10.2 Å². The first kappa shape index (κ1) is 20.0. The molecular formula is C18H24N4O3S. The number of carbonyl (C=O) groups is 2. The molecule has 0 spiro atoms. The number of nitrogens with zero attached hydrogens (tertiary/aromatic N) is 3. The largest absolute Gasteiger partial charge is 0.466 e. The van der Waals surface area contributed by atoms with E-state index in [0.29, 0.717) is 37.6 Å². The molecule has 7 nitrogen and oxygen atoms in total. The summed E-state index contributed by atoms with van der Waals surface area (Å²) < 4.78 is 6.75. The summed E-state index contributed by atoms with van der Waals surface area (Å²) in [6.45, 7) is 2.61. The van der Waals surface area contributed by atoms with Gasteiger partial charge in [0.1, 0.15) is 5.82 Å². The summed E-state index contributed by atoms with van der Waals surface area (Å²) in [4.78, 5) is 23.1. The van der Waals surface area contributed by atoms with Crippen molar-refractivity contribution < 1.29 is 14.3 Å². The molecule has 0 saturated carbocycles. The first-order valence-corrected chi connectivity index (χ1v) is 9.56. The second-order valence-electron chi connectivity index (χ2n) is 5.67. The molecule has 26 heavy (non-hydrogen) atoms. The summed E-state index contributed by atoms with van der Waals surface area (Å²) in [6.07, 6.45) is 1.58. The number of carbonyl (C=O) groups excluding carboxylic acids is 2. The third kappa shape index (κ3) is 6.51. The highest BCUT2D eigenvalue weighted by Gasteiger charge is 2.12. The van der Waals surface area contributed by atoms with Crippen LogP contribution in [-0.4, -0.2) is 45.5 Å². The lowest BCUT2D eigenvalue weighted by atomic mass is 10.1. The zero-order valence-electron chi connectivity index (χ0n) is 15.1. The molecule has 2 aromatic rings. The first-order chi connectivity index (χ1) is 12.6. The Morgan fingerprint density at radius 1 is 1.23 bits per heavy atom. The molecule has 0 radical (unpaired) electrons. The number of amides is 1. The van der Waals surface area contributed by atoms with Crippen molar-refractivity contribution >= 4 is 23.6 Å². The average molecular weight is 376 g/mol. The van der Waals surface area contributed by atoms with E-state index in [4.69, 9.17) is 4.74 Å². The molecule has 0 bridgehead atoms. The van der Waals surface area contributed by atoms with E-state index in [1.54, 1.807) is 6.92 Å². The van der Waals surface area contributed by atoms with Gasteiger partial charge >= 0.3 is 5.97 Å². The molecule has 2 rings (SSSR count). The topological polar surface area (TPSA) is 86.1 Å². The van der Waals surface area contributed by atoms with Crippen molar-refractivity contribution in [2.75, 3.05) is 18.9 Å². The molecule has 0 unspecified atom stereocenters. The summed E-state index contributed by atoms with van der Waals surface area (Å²) in [7, 11) is 1.90. The molecule has 0 fully saturated rings. The molecule has 0 aliphatic heterocycles. The predicted octanol–water partition coefficient (Wildman–Crippen LogP) is 1.96. The average Bonchev–Trinajstić information content (AvgIpc) is 2.98. The summed E-state index contributed by atoms with van der Waals surface area (Å²) in [5.74, 6) is 0.789. The van der Waals surface area contributed by atoms with Crippen LogP contribution in [0.2, 0.25) is 0 Å². The number of rotatable bonds is 10. The first-order valence-electron chi connectivity index (χ1n) is 8.57. The smallest absolute Gasteiger partial charge is 0.305 e. The van der Waals surface area contributed by atoms with Crippen molar-refractivity contribution in [3.63, 3.8) is 0 Å². The molecule has 0 aliphatic rings. The van der Waals surface area contributed by atoms with Crippen molar-refractivity contribution in [1.29, 1.82) is 0 Å². The third-order valence-corrected chi connectivity index (χ3v) is 4.67. The molecule has 0 aliphatic carbocycles. The molecule has 1 heterocycles. The maximum atomic E-state index is 11.9. The van der Waals surface area contributed by atoms with Crippen LogP contribution in [0.4, 0.5) is 0 Å². The Morgan fingerprint density at radius 2 is 2.00 bits per heavy atom. The van der Waals surface area contributed by atoms with Gasteiger partial charge in [-0.1, -0.05) is 42.1 Å². The van der Waals surface area contributed by atoms with E-state index in [-0.39, 0.29) is 17.6 Å². The Labute approximate surface area is 157 Å². The van der Waals surface area contributed by atoms with Crippen molar-refractivity contribution in [3.05, 3.63) is 41.7 Å². The number of nitrogens with one attached hydrogen (secondary N) is 1. The highest BCUT2D eigenvalue weighted by atomic mass is 32.2. The van der Waals surface area contributed by atoms with Crippen LogP contribution < -0.4 is 5.32 Å². The van der Waals surface area contributed by atoms with E-state index in [1.165, 1.54) is 17.3 Å². The lowest BCUT2D eigenvalue weighted by Crippen LogP contribution is -2.26.